The third-order valence-electron chi connectivity index (χ3n) is 7.47. The molecule has 2 aliphatic rings. The Morgan fingerprint density at radius 3 is 2.00 bits per heavy atom. The Hall–Kier alpha value is -3.74. The molecule has 196 valence electrons. The number of fused-ring (bicyclic) bond motifs is 1. The first-order valence-corrected chi connectivity index (χ1v) is 13.2. The lowest BCUT2D eigenvalue weighted by atomic mass is 9.86. The largest absolute Gasteiger partial charge is 0.462 e. The lowest BCUT2D eigenvalue weighted by Gasteiger charge is -2.32. The maximum absolute atomic E-state index is 13.6. The van der Waals surface area contributed by atoms with Gasteiger partial charge in [0.15, 0.2) is 0 Å². The number of carbonyl (C=O) groups excluding carboxylic acids is 2. The van der Waals surface area contributed by atoms with Crippen molar-refractivity contribution in [2.45, 2.75) is 24.6 Å². The molecule has 0 bridgehead atoms. The van der Waals surface area contributed by atoms with E-state index in [0.717, 1.165) is 19.6 Å². The van der Waals surface area contributed by atoms with Crippen LogP contribution in [0.2, 0.25) is 0 Å². The SMILES string of the molecule is C=CCOC(C(=O)OCCC(=O)NC1C2CN(Cc3ccccc3)CC21)(c1ccccc1)c1ccccc1. The summed E-state index contributed by atoms with van der Waals surface area (Å²) in [6, 6.07) is 29.3. The second kappa shape index (κ2) is 11.8. The lowest BCUT2D eigenvalue weighted by molar-refractivity contribution is -0.167. The number of likely N-dealkylation sites (tertiary alicyclic amines) is 1. The van der Waals surface area contributed by atoms with Gasteiger partial charge in [0.05, 0.1) is 13.0 Å². The van der Waals surface area contributed by atoms with Gasteiger partial charge in [0.1, 0.15) is 6.61 Å². The zero-order valence-corrected chi connectivity index (χ0v) is 21.5. The summed E-state index contributed by atoms with van der Waals surface area (Å²) in [7, 11) is 0. The van der Waals surface area contributed by atoms with Crippen LogP contribution >= 0.6 is 0 Å². The van der Waals surface area contributed by atoms with Gasteiger partial charge < -0.3 is 14.8 Å². The number of rotatable bonds is 12. The summed E-state index contributed by atoms with van der Waals surface area (Å²) >= 11 is 0. The first-order valence-electron chi connectivity index (χ1n) is 13.2. The minimum Gasteiger partial charge on any atom is -0.462 e. The van der Waals surface area contributed by atoms with Crippen LogP contribution in [0.3, 0.4) is 0 Å². The van der Waals surface area contributed by atoms with Crippen molar-refractivity contribution in [3.8, 4) is 0 Å². The summed E-state index contributed by atoms with van der Waals surface area (Å²) < 4.78 is 11.8. The molecule has 1 saturated carbocycles. The Labute approximate surface area is 224 Å². The van der Waals surface area contributed by atoms with Crippen molar-refractivity contribution in [3.63, 3.8) is 0 Å². The molecule has 0 aromatic heterocycles. The Kier molecular flexibility index (Phi) is 8.01. The van der Waals surface area contributed by atoms with E-state index in [1.807, 2.05) is 66.7 Å². The number of piperidine rings is 1. The summed E-state index contributed by atoms with van der Waals surface area (Å²) in [6.07, 6.45) is 1.71. The fourth-order valence-corrected chi connectivity index (χ4v) is 5.55. The topological polar surface area (TPSA) is 67.9 Å². The molecule has 1 aliphatic carbocycles. The minimum absolute atomic E-state index is 0.0221. The molecule has 2 unspecified atom stereocenters. The molecule has 5 rings (SSSR count). The van der Waals surface area contributed by atoms with Crippen LogP contribution in [0, 0.1) is 11.8 Å². The van der Waals surface area contributed by atoms with Crippen molar-refractivity contribution >= 4 is 11.9 Å². The van der Waals surface area contributed by atoms with E-state index in [4.69, 9.17) is 9.47 Å². The minimum atomic E-state index is -1.46. The Morgan fingerprint density at radius 1 is 0.895 bits per heavy atom. The Balaban J connectivity index is 1.16. The van der Waals surface area contributed by atoms with Crippen LogP contribution in [-0.4, -0.2) is 49.1 Å². The summed E-state index contributed by atoms with van der Waals surface area (Å²) in [5, 5.41) is 3.15. The van der Waals surface area contributed by atoms with E-state index in [9.17, 15) is 9.59 Å². The fraction of sp³-hybridized carbons (Fsp3) is 0.312. The predicted octanol–water partition coefficient (Wildman–Crippen LogP) is 4.31. The van der Waals surface area contributed by atoms with Crippen molar-refractivity contribution < 1.29 is 19.1 Å². The van der Waals surface area contributed by atoms with Gasteiger partial charge in [-0.3, -0.25) is 9.69 Å². The van der Waals surface area contributed by atoms with E-state index in [1.165, 1.54) is 5.56 Å². The van der Waals surface area contributed by atoms with Gasteiger partial charge >= 0.3 is 5.97 Å². The van der Waals surface area contributed by atoms with E-state index in [1.54, 1.807) is 6.08 Å². The van der Waals surface area contributed by atoms with Gasteiger partial charge in [-0.1, -0.05) is 97.1 Å². The van der Waals surface area contributed by atoms with Gasteiger partial charge in [0.25, 0.3) is 0 Å². The number of hydrogen-bond acceptors (Lipinski definition) is 5. The summed E-state index contributed by atoms with van der Waals surface area (Å²) in [6.45, 7) is 6.82. The monoisotopic (exact) mass is 510 g/mol. The van der Waals surface area contributed by atoms with Crippen LogP contribution < -0.4 is 5.32 Å². The van der Waals surface area contributed by atoms with Gasteiger partial charge in [-0.2, -0.15) is 0 Å². The van der Waals surface area contributed by atoms with Crippen LogP contribution in [-0.2, 0) is 31.2 Å². The van der Waals surface area contributed by atoms with Crippen LogP contribution in [0.25, 0.3) is 0 Å². The van der Waals surface area contributed by atoms with Crippen LogP contribution in [0.5, 0.6) is 0 Å². The highest BCUT2D eigenvalue weighted by Crippen LogP contribution is 2.46. The second-order valence-corrected chi connectivity index (χ2v) is 10.00. The van der Waals surface area contributed by atoms with Gasteiger partial charge in [-0.05, 0) is 28.5 Å². The number of benzene rings is 3. The molecule has 1 amide bonds. The molecule has 2 atom stereocenters. The lowest BCUT2D eigenvalue weighted by Crippen LogP contribution is -2.42. The van der Waals surface area contributed by atoms with E-state index < -0.39 is 11.6 Å². The van der Waals surface area contributed by atoms with E-state index in [-0.39, 0.29) is 31.6 Å². The normalized spacial score (nSPS) is 20.4. The quantitative estimate of drug-likeness (QED) is 0.291. The zero-order chi connectivity index (χ0) is 26.4. The highest BCUT2D eigenvalue weighted by molar-refractivity contribution is 5.86. The number of carbonyl (C=O) groups is 2. The van der Waals surface area contributed by atoms with Crippen molar-refractivity contribution in [2.24, 2.45) is 11.8 Å². The summed E-state index contributed by atoms with van der Waals surface area (Å²) in [4.78, 5) is 28.7. The molecule has 3 aromatic carbocycles. The molecule has 0 radical (unpaired) electrons. The average molecular weight is 511 g/mol. The molecule has 2 fully saturated rings. The number of hydrogen-bond donors (Lipinski definition) is 1. The fourth-order valence-electron chi connectivity index (χ4n) is 5.55. The molecular formula is C32H34N2O4. The van der Waals surface area contributed by atoms with Gasteiger partial charge in [-0.25, -0.2) is 4.79 Å². The predicted molar refractivity (Wildman–Crippen MR) is 146 cm³/mol. The standard InChI is InChI=1S/C32H34N2O4/c1-2-19-38-32(25-14-8-4-9-15-25,26-16-10-5-11-17-26)31(36)37-20-18-29(35)33-30-27-22-34(23-28(27)30)21-24-12-6-3-7-13-24/h2-17,27-28,30H,1,18-23H2,(H,33,35). The van der Waals surface area contributed by atoms with E-state index >= 15 is 0 Å². The van der Waals surface area contributed by atoms with Crippen LogP contribution in [0.1, 0.15) is 23.1 Å². The summed E-state index contributed by atoms with van der Waals surface area (Å²) in [5.74, 6) is 0.357. The smallest absolute Gasteiger partial charge is 0.347 e. The molecule has 1 aliphatic heterocycles. The Bertz CT molecular complexity index is 1180. The van der Waals surface area contributed by atoms with Crippen molar-refractivity contribution in [1.82, 2.24) is 10.2 Å². The molecule has 6 heteroatoms. The van der Waals surface area contributed by atoms with Gasteiger partial charge in [-0.15, -0.1) is 6.58 Å². The van der Waals surface area contributed by atoms with Crippen molar-refractivity contribution in [3.05, 3.63) is 120 Å². The van der Waals surface area contributed by atoms with Crippen LogP contribution in [0.15, 0.2) is 104 Å². The molecule has 6 nitrogen and oxygen atoms in total. The highest BCUT2D eigenvalue weighted by atomic mass is 16.6. The van der Waals surface area contributed by atoms with Gasteiger partial charge in [0.2, 0.25) is 11.5 Å². The number of amides is 1. The maximum Gasteiger partial charge on any atom is 0.347 e. The molecule has 1 saturated heterocycles. The average Bonchev–Trinajstić information content (AvgIpc) is 3.38. The number of nitrogens with zero attached hydrogens (tertiary/aromatic N) is 1. The van der Waals surface area contributed by atoms with Crippen LogP contribution in [0.4, 0.5) is 0 Å². The second-order valence-electron chi connectivity index (χ2n) is 10.00. The van der Waals surface area contributed by atoms with Crippen molar-refractivity contribution in [2.75, 3.05) is 26.3 Å². The van der Waals surface area contributed by atoms with E-state index in [2.05, 4.69) is 41.1 Å². The molecule has 38 heavy (non-hydrogen) atoms. The van der Waals surface area contributed by atoms with Crippen molar-refractivity contribution in [1.29, 1.82) is 0 Å². The molecule has 1 heterocycles. The van der Waals surface area contributed by atoms with Gasteiger partial charge in [0, 0.05) is 25.7 Å². The number of ether oxygens (including phenoxy) is 2. The zero-order valence-electron chi connectivity index (χ0n) is 21.5. The Morgan fingerprint density at radius 2 is 1.45 bits per heavy atom. The maximum atomic E-state index is 13.6. The molecular weight excluding hydrogens is 476 g/mol. The highest BCUT2D eigenvalue weighted by Gasteiger charge is 2.56. The summed E-state index contributed by atoms with van der Waals surface area (Å²) in [5.41, 5.74) is 1.18. The van der Waals surface area contributed by atoms with E-state index in [0.29, 0.717) is 23.0 Å². The third kappa shape index (κ3) is 5.57. The first kappa shape index (κ1) is 25.9. The molecule has 3 aromatic rings. The number of nitrogens with one attached hydrogen (secondary N) is 1. The number of esters is 1. The third-order valence-corrected chi connectivity index (χ3v) is 7.47. The first-order chi connectivity index (χ1) is 18.6. The molecule has 1 N–H and O–H groups in total. The molecule has 0 spiro atoms.